The van der Waals surface area contributed by atoms with Crippen LogP contribution in [-0.2, 0) is 6.42 Å². The van der Waals surface area contributed by atoms with E-state index in [1.807, 2.05) is 24.3 Å². The third kappa shape index (κ3) is 11.2. The van der Waals surface area contributed by atoms with Gasteiger partial charge in [-0.05, 0) is 48.1 Å². The molecule has 4 heteroatoms. The molecule has 2 nitrogen and oxygen atoms in total. The lowest BCUT2D eigenvalue weighted by molar-refractivity contribution is 0.0697. The Labute approximate surface area is 223 Å². The summed E-state index contributed by atoms with van der Waals surface area (Å²) < 4.78 is 29.4. The molecule has 0 unspecified atom stereocenters. The van der Waals surface area contributed by atoms with Gasteiger partial charge < -0.3 is 5.11 Å². The molecule has 0 heterocycles. The van der Waals surface area contributed by atoms with E-state index >= 15 is 0 Å². The second-order valence-electron chi connectivity index (χ2n) is 10.2. The van der Waals surface area contributed by atoms with E-state index in [2.05, 4.69) is 13.8 Å². The summed E-state index contributed by atoms with van der Waals surface area (Å²) in [5.74, 6) is -2.74. The largest absolute Gasteiger partial charge is 0.478 e. The SMILES string of the molecule is CCCCCCCCCCCc1ccc(-c2cc(/C(F)=C(\F)CCCCCCC)ccc2C(=O)O)cc1. The van der Waals surface area contributed by atoms with Crippen LogP contribution in [0.1, 0.15) is 132 Å². The average molecular weight is 513 g/mol. The molecule has 0 aliphatic rings. The van der Waals surface area contributed by atoms with Crippen molar-refractivity contribution in [2.45, 2.75) is 117 Å². The smallest absolute Gasteiger partial charge is 0.336 e. The Hall–Kier alpha value is -2.49. The highest BCUT2D eigenvalue weighted by atomic mass is 19.2. The highest BCUT2D eigenvalue weighted by molar-refractivity contribution is 5.96. The molecule has 0 saturated heterocycles. The molecule has 2 aromatic carbocycles. The molecule has 0 radical (unpaired) electrons. The number of rotatable bonds is 19. The molecular weight excluding hydrogens is 466 g/mol. The second-order valence-corrected chi connectivity index (χ2v) is 10.2. The minimum atomic E-state index is -1.08. The predicted octanol–water partition coefficient (Wildman–Crippen LogP) is 11.1. The first-order valence-electron chi connectivity index (χ1n) is 14.5. The van der Waals surface area contributed by atoms with Gasteiger partial charge in [0.2, 0.25) is 0 Å². The molecule has 0 amide bonds. The molecule has 204 valence electrons. The molecule has 0 fully saturated rings. The van der Waals surface area contributed by atoms with Gasteiger partial charge in [0, 0.05) is 12.0 Å². The van der Waals surface area contributed by atoms with Crippen molar-refractivity contribution in [2.24, 2.45) is 0 Å². The average Bonchev–Trinajstić information content (AvgIpc) is 2.91. The number of carboxylic acids is 1. The van der Waals surface area contributed by atoms with Gasteiger partial charge in [0.15, 0.2) is 5.83 Å². The highest BCUT2D eigenvalue weighted by Crippen LogP contribution is 2.32. The highest BCUT2D eigenvalue weighted by Gasteiger charge is 2.16. The number of benzene rings is 2. The topological polar surface area (TPSA) is 37.3 Å². The van der Waals surface area contributed by atoms with E-state index in [1.54, 1.807) is 0 Å². The Kier molecular flexibility index (Phi) is 14.8. The van der Waals surface area contributed by atoms with Crippen LogP contribution < -0.4 is 0 Å². The molecule has 0 spiro atoms. The fourth-order valence-electron chi connectivity index (χ4n) is 4.75. The quantitative estimate of drug-likeness (QED) is 0.190. The number of allylic oxidation sites excluding steroid dienone is 1. The van der Waals surface area contributed by atoms with Crippen LogP contribution in [0, 0.1) is 0 Å². The summed E-state index contributed by atoms with van der Waals surface area (Å²) in [6.45, 7) is 4.36. The summed E-state index contributed by atoms with van der Waals surface area (Å²) in [4.78, 5) is 11.8. The number of aryl methyl sites for hydroxylation is 1. The van der Waals surface area contributed by atoms with Crippen molar-refractivity contribution in [3.8, 4) is 11.1 Å². The lowest BCUT2D eigenvalue weighted by atomic mass is 9.95. The van der Waals surface area contributed by atoms with Crippen molar-refractivity contribution in [1.29, 1.82) is 0 Å². The molecule has 37 heavy (non-hydrogen) atoms. The van der Waals surface area contributed by atoms with E-state index < -0.39 is 17.6 Å². The van der Waals surface area contributed by atoms with Crippen LogP contribution in [-0.4, -0.2) is 11.1 Å². The third-order valence-electron chi connectivity index (χ3n) is 7.08. The number of hydrogen-bond donors (Lipinski definition) is 1. The van der Waals surface area contributed by atoms with Gasteiger partial charge in [0.25, 0.3) is 0 Å². The van der Waals surface area contributed by atoms with Crippen molar-refractivity contribution in [3.05, 3.63) is 65.0 Å². The zero-order valence-electron chi connectivity index (χ0n) is 23.0. The zero-order valence-corrected chi connectivity index (χ0v) is 23.0. The first kappa shape index (κ1) is 30.7. The molecule has 0 saturated carbocycles. The number of unbranched alkanes of at least 4 members (excludes halogenated alkanes) is 12. The summed E-state index contributed by atoms with van der Waals surface area (Å²) in [5, 5.41) is 9.67. The fourth-order valence-corrected chi connectivity index (χ4v) is 4.75. The maximum atomic E-state index is 14.9. The van der Waals surface area contributed by atoms with Gasteiger partial charge in [-0.15, -0.1) is 0 Å². The van der Waals surface area contributed by atoms with Crippen LogP contribution in [0.25, 0.3) is 17.0 Å². The summed E-state index contributed by atoms with van der Waals surface area (Å²) in [7, 11) is 0. The summed E-state index contributed by atoms with van der Waals surface area (Å²) >= 11 is 0. The van der Waals surface area contributed by atoms with Crippen molar-refractivity contribution < 1.29 is 18.7 Å². The van der Waals surface area contributed by atoms with Crippen molar-refractivity contribution in [2.75, 3.05) is 0 Å². The Morgan fingerprint density at radius 2 is 1.24 bits per heavy atom. The number of carboxylic acid groups (broad SMARTS) is 1. The van der Waals surface area contributed by atoms with E-state index in [-0.39, 0.29) is 17.5 Å². The van der Waals surface area contributed by atoms with E-state index in [0.717, 1.165) is 38.5 Å². The number of aromatic carboxylic acids is 1. The van der Waals surface area contributed by atoms with E-state index in [4.69, 9.17) is 0 Å². The molecule has 0 atom stereocenters. The minimum Gasteiger partial charge on any atom is -0.478 e. The van der Waals surface area contributed by atoms with Gasteiger partial charge in [0.1, 0.15) is 5.83 Å². The molecule has 0 aliphatic carbocycles. The normalized spacial score (nSPS) is 12.0. The first-order valence-corrected chi connectivity index (χ1v) is 14.5. The maximum absolute atomic E-state index is 14.9. The monoisotopic (exact) mass is 512 g/mol. The molecule has 0 aliphatic heterocycles. The molecule has 1 N–H and O–H groups in total. The first-order chi connectivity index (χ1) is 18.0. The van der Waals surface area contributed by atoms with Gasteiger partial charge in [-0.3, -0.25) is 0 Å². The van der Waals surface area contributed by atoms with Crippen LogP contribution >= 0.6 is 0 Å². The van der Waals surface area contributed by atoms with Crippen LogP contribution in [0.2, 0.25) is 0 Å². The second kappa shape index (κ2) is 17.9. The van der Waals surface area contributed by atoms with Gasteiger partial charge in [-0.1, -0.05) is 121 Å². The van der Waals surface area contributed by atoms with Crippen molar-refractivity contribution >= 4 is 11.8 Å². The van der Waals surface area contributed by atoms with Gasteiger partial charge in [0.05, 0.1) is 5.56 Å². The van der Waals surface area contributed by atoms with E-state index in [9.17, 15) is 18.7 Å². The zero-order chi connectivity index (χ0) is 26.9. The lowest BCUT2D eigenvalue weighted by Gasteiger charge is -2.11. The van der Waals surface area contributed by atoms with E-state index in [1.165, 1.54) is 75.1 Å². The van der Waals surface area contributed by atoms with Crippen LogP contribution in [0.3, 0.4) is 0 Å². The Morgan fingerprint density at radius 3 is 1.81 bits per heavy atom. The van der Waals surface area contributed by atoms with E-state index in [0.29, 0.717) is 17.5 Å². The molecule has 0 aromatic heterocycles. The number of halogens is 2. The summed E-state index contributed by atoms with van der Waals surface area (Å²) in [6, 6.07) is 12.0. The molecule has 2 rings (SSSR count). The van der Waals surface area contributed by atoms with Crippen LogP contribution in [0.4, 0.5) is 8.78 Å². The number of carbonyl (C=O) groups is 1. The summed E-state index contributed by atoms with van der Waals surface area (Å²) in [5.41, 5.74) is 2.49. The van der Waals surface area contributed by atoms with Crippen molar-refractivity contribution in [3.63, 3.8) is 0 Å². The molecular formula is C33H46F2O2. The Balaban J connectivity index is 1.99. The van der Waals surface area contributed by atoms with Crippen molar-refractivity contribution in [1.82, 2.24) is 0 Å². The Morgan fingerprint density at radius 1 is 0.703 bits per heavy atom. The fraction of sp³-hybridized carbons (Fsp3) is 0.545. The maximum Gasteiger partial charge on any atom is 0.336 e. The molecule has 0 bridgehead atoms. The van der Waals surface area contributed by atoms with Gasteiger partial charge in [-0.2, -0.15) is 0 Å². The lowest BCUT2D eigenvalue weighted by Crippen LogP contribution is -2.00. The minimum absolute atomic E-state index is 0.0686. The Bertz CT molecular complexity index is 963. The molecule has 2 aromatic rings. The van der Waals surface area contributed by atoms with Crippen LogP contribution in [0.5, 0.6) is 0 Å². The predicted molar refractivity (Wildman–Crippen MR) is 152 cm³/mol. The summed E-state index contributed by atoms with van der Waals surface area (Å²) in [6.07, 6.45) is 17.4. The standard InChI is InChI=1S/C33H46F2O2/c1-3-5-7-9-10-11-12-14-15-17-26-19-21-27(22-20-26)30-25-28(23-24-29(30)33(36)37)32(35)31(34)18-16-13-8-6-4-2/h19-25H,3-18H2,1-2H3,(H,36,37)/b32-31+. The third-order valence-corrected chi connectivity index (χ3v) is 7.08. The van der Waals surface area contributed by atoms with Crippen LogP contribution in [0.15, 0.2) is 48.3 Å². The number of hydrogen-bond acceptors (Lipinski definition) is 1. The van der Waals surface area contributed by atoms with Gasteiger partial charge >= 0.3 is 5.97 Å². The van der Waals surface area contributed by atoms with Gasteiger partial charge in [-0.25, -0.2) is 13.6 Å².